The number of rotatable bonds is 7. The smallest absolute Gasteiger partial charge is 0.265 e. The molecule has 0 atom stereocenters. The molecule has 0 aliphatic carbocycles. The Morgan fingerprint density at radius 1 is 0.821 bits per heavy atom. The van der Waals surface area contributed by atoms with E-state index in [-0.39, 0.29) is 10.6 Å². The van der Waals surface area contributed by atoms with Crippen molar-refractivity contribution in [1.29, 1.82) is 0 Å². The van der Waals surface area contributed by atoms with Crippen molar-refractivity contribution in [2.24, 2.45) is 0 Å². The normalized spacial score (nSPS) is 11.0. The molecule has 146 valence electrons. The SMILES string of the molecule is COc1ccc(S(=O)(=O)Nc2ccc(N(C)c3ccccc3)cc2)c(OC)c1. The van der Waals surface area contributed by atoms with E-state index < -0.39 is 10.0 Å². The molecule has 0 heterocycles. The highest BCUT2D eigenvalue weighted by atomic mass is 32.2. The number of hydrogen-bond acceptors (Lipinski definition) is 5. The van der Waals surface area contributed by atoms with Crippen LogP contribution in [0.5, 0.6) is 11.5 Å². The van der Waals surface area contributed by atoms with Crippen LogP contribution >= 0.6 is 0 Å². The highest BCUT2D eigenvalue weighted by Gasteiger charge is 2.20. The molecule has 0 fully saturated rings. The lowest BCUT2D eigenvalue weighted by Gasteiger charge is -2.20. The quantitative estimate of drug-likeness (QED) is 0.644. The monoisotopic (exact) mass is 398 g/mol. The average molecular weight is 398 g/mol. The van der Waals surface area contributed by atoms with Gasteiger partial charge in [0.25, 0.3) is 10.0 Å². The number of nitrogens with zero attached hydrogens (tertiary/aromatic N) is 1. The molecule has 0 saturated carbocycles. The number of hydrogen-bond donors (Lipinski definition) is 1. The molecule has 3 aromatic rings. The predicted octanol–water partition coefficient (Wildman–Crippen LogP) is 4.27. The molecule has 0 aromatic heterocycles. The summed E-state index contributed by atoms with van der Waals surface area (Å²) in [5.74, 6) is 0.733. The third kappa shape index (κ3) is 4.20. The van der Waals surface area contributed by atoms with Gasteiger partial charge in [0.15, 0.2) is 0 Å². The summed E-state index contributed by atoms with van der Waals surface area (Å²) >= 11 is 0. The highest BCUT2D eigenvalue weighted by Crippen LogP contribution is 2.30. The van der Waals surface area contributed by atoms with Gasteiger partial charge in [0, 0.05) is 30.2 Å². The van der Waals surface area contributed by atoms with Crippen molar-refractivity contribution in [2.75, 3.05) is 30.9 Å². The van der Waals surface area contributed by atoms with Crippen LogP contribution in [-0.4, -0.2) is 29.7 Å². The molecular weight excluding hydrogens is 376 g/mol. The minimum Gasteiger partial charge on any atom is -0.497 e. The Morgan fingerprint density at radius 2 is 1.46 bits per heavy atom. The Morgan fingerprint density at radius 3 is 2.07 bits per heavy atom. The van der Waals surface area contributed by atoms with Gasteiger partial charge in [-0.05, 0) is 48.5 Å². The van der Waals surface area contributed by atoms with Gasteiger partial charge in [-0.2, -0.15) is 0 Å². The summed E-state index contributed by atoms with van der Waals surface area (Å²) in [4.78, 5) is 2.06. The lowest BCUT2D eigenvalue weighted by atomic mass is 10.2. The third-order valence-electron chi connectivity index (χ3n) is 4.31. The maximum Gasteiger partial charge on any atom is 0.265 e. The zero-order valence-corrected chi connectivity index (χ0v) is 16.7. The van der Waals surface area contributed by atoms with Gasteiger partial charge in [-0.15, -0.1) is 0 Å². The molecule has 0 unspecified atom stereocenters. The van der Waals surface area contributed by atoms with E-state index in [1.54, 1.807) is 18.2 Å². The van der Waals surface area contributed by atoms with E-state index in [0.717, 1.165) is 11.4 Å². The zero-order valence-electron chi connectivity index (χ0n) is 15.9. The Bertz CT molecular complexity index is 1040. The molecule has 0 aliphatic rings. The van der Waals surface area contributed by atoms with Crippen LogP contribution < -0.4 is 19.1 Å². The Labute approximate surface area is 165 Å². The topological polar surface area (TPSA) is 67.9 Å². The van der Waals surface area contributed by atoms with Gasteiger partial charge in [-0.3, -0.25) is 4.72 Å². The molecule has 0 amide bonds. The van der Waals surface area contributed by atoms with Crippen LogP contribution in [0.4, 0.5) is 17.1 Å². The van der Waals surface area contributed by atoms with Gasteiger partial charge < -0.3 is 14.4 Å². The second kappa shape index (κ2) is 8.22. The number of nitrogens with one attached hydrogen (secondary N) is 1. The lowest BCUT2D eigenvalue weighted by molar-refractivity contribution is 0.386. The van der Waals surface area contributed by atoms with Crippen molar-refractivity contribution in [2.45, 2.75) is 4.90 Å². The zero-order chi connectivity index (χ0) is 20.1. The van der Waals surface area contributed by atoms with E-state index in [9.17, 15) is 8.42 Å². The van der Waals surface area contributed by atoms with Crippen LogP contribution in [0.1, 0.15) is 0 Å². The molecule has 3 rings (SSSR count). The largest absolute Gasteiger partial charge is 0.497 e. The van der Waals surface area contributed by atoms with Gasteiger partial charge >= 0.3 is 0 Å². The summed E-state index contributed by atoms with van der Waals surface area (Å²) < 4.78 is 38.5. The van der Waals surface area contributed by atoms with E-state index >= 15 is 0 Å². The Kier molecular flexibility index (Phi) is 5.75. The van der Waals surface area contributed by atoms with Crippen LogP contribution in [0.25, 0.3) is 0 Å². The standard InChI is InChI=1S/C21H22N2O4S/c1-23(17-7-5-4-6-8-17)18-11-9-16(10-12-18)22-28(24,25)21-14-13-19(26-2)15-20(21)27-3/h4-15,22H,1-3H3. The van der Waals surface area contributed by atoms with Gasteiger partial charge in [-0.25, -0.2) is 8.42 Å². The van der Waals surface area contributed by atoms with E-state index in [1.807, 2.05) is 54.4 Å². The van der Waals surface area contributed by atoms with E-state index in [1.165, 1.54) is 26.4 Å². The van der Waals surface area contributed by atoms with E-state index in [2.05, 4.69) is 4.72 Å². The fraction of sp³-hybridized carbons (Fsp3) is 0.143. The number of sulfonamides is 1. The minimum absolute atomic E-state index is 0.0429. The number of methoxy groups -OCH3 is 2. The van der Waals surface area contributed by atoms with E-state index in [0.29, 0.717) is 11.4 Å². The highest BCUT2D eigenvalue weighted by molar-refractivity contribution is 7.92. The number of anilines is 3. The van der Waals surface area contributed by atoms with Crippen molar-refractivity contribution in [3.63, 3.8) is 0 Å². The molecule has 0 bridgehead atoms. The first-order valence-corrected chi connectivity index (χ1v) is 10.1. The summed E-state index contributed by atoms with van der Waals surface area (Å²) in [5.41, 5.74) is 2.44. The first kappa shape index (κ1) is 19.6. The van der Waals surface area contributed by atoms with Crippen molar-refractivity contribution in [1.82, 2.24) is 0 Å². The average Bonchev–Trinajstić information content (AvgIpc) is 2.73. The molecule has 0 radical (unpaired) electrons. The van der Waals surface area contributed by atoms with Crippen molar-refractivity contribution >= 4 is 27.1 Å². The fourth-order valence-electron chi connectivity index (χ4n) is 2.76. The molecule has 1 N–H and O–H groups in total. The molecule has 28 heavy (non-hydrogen) atoms. The maximum absolute atomic E-state index is 12.8. The summed E-state index contributed by atoms with van der Waals surface area (Å²) in [6.45, 7) is 0. The maximum atomic E-state index is 12.8. The van der Waals surface area contributed by atoms with Crippen molar-refractivity contribution < 1.29 is 17.9 Å². The van der Waals surface area contributed by atoms with Crippen molar-refractivity contribution in [3.05, 3.63) is 72.8 Å². The molecule has 0 spiro atoms. The summed E-state index contributed by atoms with van der Waals surface area (Å²) in [6, 6.07) is 21.6. The van der Waals surface area contributed by atoms with Gasteiger partial charge in [0.1, 0.15) is 16.4 Å². The Balaban J connectivity index is 1.82. The first-order valence-electron chi connectivity index (χ1n) is 8.58. The third-order valence-corrected chi connectivity index (χ3v) is 5.73. The number of benzene rings is 3. The number of ether oxygens (including phenoxy) is 2. The Hall–Kier alpha value is -3.19. The second-order valence-corrected chi connectivity index (χ2v) is 7.71. The first-order chi connectivity index (χ1) is 13.4. The molecular formula is C21H22N2O4S. The van der Waals surface area contributed by atoms with Crippen LogP contribution in [-0.2, 0) is 10.0 Å². The summed E-state index contributed by atoms with van der Waals surface area (Å²) in [5, 5.41) is 0. The molecule has 3 aromatic carbocycles. The predicted molar refractivity (Wildman–Crippen MR) is 111 cm³/mol. The van der Waals surface area contributed by atoms with Crippen LogP contribution in [0.3, 0.4) is 0 Å². The summed E-state index contributed by atoms with van der Waals surface area (Å²) in [7, 11) is 1.07. The van der Waals surface area contributed by atoms with E-state index in [4.69, 9.17) is 9.47 Å². The number of para-hydroxylation sites is 1. The molecule has 0 aliphatic heterocycles. The molecule has 6 nitrogen and oxygen atoms in total. The van der Waals surface area contributed by atoms with Gasteiger partial charge in [-0.1, -0.05) is 18.2 Å². The van der Waals surface area contributed by atoms with Crippen LogP contribution in [0.2, 0.25) is 0 Å². The second-order valence-electron chi connectivity index (χ2n) is 6.06. The van der Waals surface area contributed by atoms with Crippen LogP contribution in [0, 0.1) is 0 Å². The molecule has 7 heteroatoms. The van der Waals surface area contributed by atoms with Crippen LogP contribution in [0.15, 0.2) is 77.7 Å². The summed E-state index contributed by atoms with van der Waals surface area (Å²) in [6.07, 6.45) is 0. The lowest BCUT2D eigenvalue weighted by Crippen LogP contribution is -2.14. The van der Waals surface area contributed by atoms with Crippen molar-refractivity contribution in [3.8, 4) is 11.5 Å². The fourth-order valence-corrected chi connectivity index (χ4v) is 3.97. The van der Waals surface area contributed by atoms with Gasteiger partial charge in [0.2, 0.25) is 0 Å². The minimum atomic E-state index is -3.81. The van der Waals surface area contributed by atoms with Gasteiger partial charge in [0.05, 0.1) is 14.2 Å². The molecule has 0 saturated heterocycles.